The topological polar surface area (TPSA) is 131 Å². The van der Waals surface area contributed by atoms with Gasteiger partial charge in [0.1, 0.15) is 5.82 Å². The zero-order valence-electron chi connectivity index (χ0n) is 14.5. The lowest BCUT2D eigenvalue weighted by atomic mass is 10.0. The lowest BCUT2D eigenvalue weighted by Gasteiger charge is -2.27. The number of aromatic amines is 1. The minimum absolute atomic E-state index is 0.0542. The van der Waals surface area contributed by atoms with Crippen molar-refractivity contribution in [3.63, 3.8) is 0 Å². The summed E-state index contributed by atoms with van der Waals surface area (Å²) in [6, 6.07) is 8.72. The van der Waals surface area contributed by atoms with Crippen LogP contribution in [-0.4, -0.2) is 47.1 Å². The smallest absolute Gasteiger partial charge is 0.238 e. The van der Waals surface area contributed by atoms with Gasteiger partial charge >= 0.3 is 0 Å². The number of H-pyrrole nitrogens is 1. The fraction of sp³-hybridized carbons (Fsp3) is 0.294. The van der Waals surface area contributed by atoms with Crippen LogP contribution in [0.15, 0.2) is 41.4 Å². The largest absolute Gasteiger partial charge is 0.357 e. The van der Waals surface area contributed by atoms with Gasteiger partial charge in [0.2, 0.25) is 15.8 Å². The molecule has 4 rings (SSSR count). The van der Waals surface area contributed by atoms with Crippen molar-refractivity contribution in [1.29, 1.82) is 0 Å². The maximum Gasteiger partial charge on any atom is 0.238 e. The van der Waals surface area contributed by atoms with E-state index in [-0.39, 0.29) is 10.7 Å². The highest BCUT2D eigenvalue weighted by molar-refractivity contribution is 7.89. The van der Waals surface area contributed by atoms with Crippen molar-refractivity contribution >= 4 is 15.8 Å². The molecular formula is C17H19N7O2S. The van der Waals surface area contributed by atoms with Crippen LogP contribution < -0.4 is 10.0 Å². The molecule has 3 N–H and O–H groups in total. The van der Waals surface area contributed by atoms with E-state index in [1.807, 2.05) is 12.1 Å². The number of rotatable bonds is 4. The number of aromatic nitrogens is 5. The summed E-state index contributed by atoms with van der Waals surface area (Å²) < 4.78 is 24.1. The summed E-state index contributed by atoms with van der Waals surface area (Å²) in [5, 5.41) is 19.2. The third-order valence-corrected chi connectivity index (χ3v) is 5.59. The van der Waals surface area contributed by atoms with Gasteiger partial charge < -0.3 is 4.90 Å². The molecule has 0 amide bonds. The van der Waals surface area contributed by atoms with Gasteiger partial charge in [0, 0.05) is 24.8 Å². The van der Waals surface area contributed by atoms with Gasteiger partial charge in [-0.3, -0.25) is 0 Å². The first-order valence-corrected chi connectivity index (χ1v) is 10.2. The average molecular weight is 385 g/mol. The van der Waals surface area contributed by atoms with Crippen LogP contribution >= 0.6 is 0 Å². The van der Waals surface area contributed by atoms with Crippen molar-refractivity contribution in [1.82, 2.24) is 25.6 Å². The Morgan fingerprint density at radius 2 is 1.89 bits per heavy atom. The van der Waals surface area contributed by atoms with Gasteiger partial charge in [0.05, 0.1) is 10.5 Å². The van der Waals surface area contributed by atoms with Crippen LogP contribution in [0.1, 0.15) is 19.3 Å². The number of pyridine rings is 1. The van der Waals surface area contributed by atoms with Gasteiger partial charge in [-0.2, -0.15) is 5.21 Å². The van der Waals surface area contributed by atoms with Crippen LogP contribution in [0, 0.1) is 0 Å². The van der Waals surface area contributed by atoms with Gasteiger partial charge in [-0.1, -0.05) is 12.1 Å². The normalized spacial score (nSPS) is 15.1. The second kappa shape index (κ2) is 7.05. The zero-order chi connectivity index (χ0) is 18.9. The Balaban J connectivity index is 1.80. The van der Waals surface area contributed by atoms with Crippen LogP contribution in [0.25, 0.3) is 22.5 Å². The van der Waals surface area contributed by atoms with Gasteiger partial charge in [-0.15, -0.1) is 10.2 Å². The standard InChI is InChI=1S/C17H19N7O2S/c18-27(25,26)14-6-4-5-13(16(14)17-20-22-23-21-17)12-7-8-15(19-11-12)24-9-2-1-3-10-24/h4-8,11H,1-3,9-10H2,(H2,18,25,26)(H,20,21,22,23). The van der Waals surface area contributed by atoms with E-state index in [1.54, 1.807) is 18.3 Å². The number of anilines is 1. The summed E-state index contributed by atoms with van der Waals surface area (Å²) in [5.41, 5.74) is 1.68. The lowest BCUT2D eigenvalue weighted by Crippen LogP contribution is -2.29. The van der Waals surface area contributed by atoms with E-state index in [0.29, 0.717) is 11.1 Å². The monoisotopic (exact) mass is 385 g/mol. The van der Waals surface area contributed by atoms with E-state index in [0.717, 1.165) is 24.5 Å². The van der Waals surface area contributed by atoms with Crippen molar-refractivity contribution in [2.45, 2.75) is 24.2 Å². The predicted octanol–water partition coefficient (Wildman–Crippen LogP) is 1.57. The fourth-order valence-electron chi connectivity index (χ4n) is 3.36. The molecule has 9 nitrogen and oxygen atoms in total. The maximum absolute atomic E-state index is 12.1. The summed E-state index contributed by atoms with van der Waals surface area (Å²) in [7, 11) is -3.97. The molecular weight excluding hydrogens is 366 g/mol. The number of hydrogen-bond donors (Lipinski definition) is 2. The summed E-state index contributed by atoms with van der Waals surface area (Å²) in [6.45, 7) is 2.00. The van der Waals surface area contributed by atoms with Crippen molar-refractivity contribution in [2.75, 3.05) is 18.0 Å². The molecule has 0 spiro atoms. The molecule has 1 saturated heterocycles. The molecule has 0 atom stereocenters. The number of hydrogen-bond acceptors (Lipinski definition) is 7. The number of primary sulfonamides is 1. The van der Waals surface area contributed by atoms with Crippen LogP contribution in [0.5, 0.6) is 0 Å². The Morgan fingerprint density at radius 1 is 1.07 bits per heavy atom. The Labute approximate surface area is 156 Å². The molecule has 140 valence electrons. The molecule has 1 fully saturated rings. The fourth-order valence-corrected chi connectivity index (χ4v) is 4.12. The second-order valence-electron chi connectivity index (χ2n) is 6.41. The molecule has 2 aromatic heterocycles. The molecule has 27 heavy (non-hydrogen) atoms. The van der Waals surface area contributed by atoms with Crippen molar-refractivity contribution in [3.05, 3.63) is 36.5 Å². The summed E-state index contributed by atoms with van der Waals surface area (Å²) in [4.78, 5) is 6.78. The molecule has 1 aliphatic heterocycles. The zero-order valence-corrected chi connectivity index (χ0v) is 15.4. The third kappa shape index (κ3) is 3.53. The van der Waals surface area contributed by atoms with E-state index in [4.69, 9.17) is 5.14 Å². The Kier molecular flexibility index (Phi) is 4.58. The van der Waals surface area contributed by atoms with Crippen LogP contribution in [0.3, 0.4) is 0 Å². The van der Waals surface area contributed by atoms with Gasteiger partial charge in [0.25, 0.3) is 0 Å². The third-order valence-electron chi connectivity index (χ3n) is 4.64. The lowest BCUT2D eigenvalue weighted by molar-refractivity contribution is 0.573. The summed E-state index contributed by atoms with van der Waals surface area (Å²) in [6.07, 6.45) is 5.32. The second-order valence-corrected chi connectivity index (χ2v) is 7.94. The van der Waals surface area contributed by atoms with Crippen LogP contribution in [0.2, 0.25) is 0 Å². The quantitative estimate of drug-likeness (QED) is 0.697. The molecule has 0 aliphatic carbocycles. The van der Waals surface area contributed by atoms with Gasteiger partial charge in [0.15, 0.2) is 0 Å². The van der Waals surface area contributed by atoms with E-state index >= 15 is 0 Å². The Hall–Kier alpha value is -2.85. The maximum atomic E-state index is 12.1. The summed E-state index contributed by atoms with van der Waals surface area (Å²) >= 11 is 0. The number of tetrazole rings is 1. The first kappa shape index (κ1) is 17.6. The highest BCUT2D eigenvalue weighted by Gasteiger charge is 2.22. The Morgan fingerprint density at radius 3 is 2.52 bits per heavy atom. The molecule has 3 aromatic rings. The van der Waals surface area contributed by atoms with Crippen LogP contribution in [-0.2, 0) is 10.0 Å². The minimum atomic E-state index is -3.97. The molecule has 10 heteroatoms. The highest BCUT2D eigenvalue weighted by atomic mass is 32.2. The number of nitrogens with zero attached hydrogens (tertiary/aromatic N) is 5. The number of nitrogens with two attached hydrogens (primary N) is 1. The number of benzene rings is 1. The molecule has 0 unspecified atom stereocenters. The van der Waals surface area contributed by atoms with Gasteiger partial charge in [-0.25, -0.2) is 18.5 Å². The van der Waals surface area contributed by atoms with Gasteiger partial charge in [-0.05, 0) is 48.2 Å². The summed E-state index contributed by atoms with van der Waals surface area (Å²) in [5.74, 6) is 1.08. The van der Waals surface area contributed by atoms with E-state index < -0.39 is 10.0 Å². The average Bonchev–Trinajstić information content (AvgIpc) is 3.22. The molecule has 1 aliphatic rings. The SMILES string of the molecule is NS(=O)(=O)c1cccc(-c2ccc(N3CCCCC3)nc2)c1-c1nn[nH]n1. The first-order chi connectivity index (χ1) is 13.0. The van der Waals surface area contributed by atoms with E-state index in [2.05, 4.69) is 30.5 Å². The van der Waals surface area contributed by atoms with E-state index in [9.17, 15) is 8.42 Å². The molecule has 1 aromatic carbocycles. The van der Waals surface area contributed by atoms with E-state index in [1.165, 1.54) is 25.3 Å². The van der Waals surface area contributed by atoms with Crippen molar-refractivity contribution in [3.8, 4) is 22.5 Å². The molecule has 0 radical (unpaired) electrons. The molecule has 3 heterocycles. The van der Waals surface area contributed by atoms with Crippen LogP contribution in [0.4, 0.5) is 5.82 Å². The number of nitrogens with one attached hydrogen (secondary N) is 1. The highest BCUT2D eigenvalue weighted by Crippen LogP contribution is 2.35. The molecule has 0 bridgehead atoms. The van der Waals surface area contributed by atoms with Crippen molar-refractivity contribution < 1.29 is 8.42 Å². The first-order valence-electron chi connectivity index (χ1n) is 8.65. The number of piperidine rings is 1. The Bertz CT molecular complexity index is 1030. The minimum Gasteiger partial charge on any atom is -0.357 e. The predicted molar refractivity (Wildman–Crippen MR) is 100 cm³/mol. The number of sulfonamides is 1. The van der Waals surface area contributed by atoms with Crippen molar-refractivity contribution in [2.24, 2.45) is 5.14 Å². The molecule has 0 saturated carbocycles.